The fraction of sp³-hybridized carbons (Fsp3) is 0.400. The molecule has 1 atom stereocenters. The lowest BCUT2D eigenvalue weighted by molar-refractivity contribution is 0.517. The third-order valence-corrected chi connectivity index (χ3v) is 4.25. The van der Waals surface area contributed by atoms with Gasteiger partial charge in [0, 0.05) is 9.85 Å². The van der Waals surface area contributed by atoms with Crippen molar-refractivity contribution < 1.29 is 4.39 Å². The van der Waals surface area contributed by atoms with Gasteiger partial charge in [-0.05, 0) is 50.1 Å². The summed E-state index contributed by atoms with van der Waals surface area (Å²) in [6.07, 6.45) is 1.80. The zero-order chi connectivity index (χ0) is 14.5. The number of thiazole rings is 1. The fourth-order valence-electron chi connectivity index (χ4n) is 2.10. The van der Waals surface area contributed by atoms with Crippen LogP contribution in [-0.4, -0.2) is 11.5 Å². The standard InChI is InChI=1S/C15H18BrFN2S/c1-3-4-18-14(15-9-20-10(2)19-15)7-11-5-12(16)8-13(17)6-11/h5-6,8-9,14,18H,3-4,7H2,1-2H3. The maximum Gasteiger partial charge on any atom is 0.124 e. The Morgan fingerprint density at radius 1 is 1.40 bits per heavy atom. The van der Waals surface area contributed by atoms with Crippen LogP contribution < -0.4 is 5.32 Å². The van der Waals surface area contributed by atoms with Gasteiger partial charge in [-0.2, -0.15) is 0 Å². The van der Waals surface area contributed by atoms with Crippen LogP contribution in [0.25, 0.3) is 0 Å². The largest absolute Gasteiger partial charge is 0.308 e. The molecule has 0 bridgehead atoms. The van der Waals surface area contributed by atoms with Crippen LogP contribution in [-0.2, 0) is 6.42 Å². The van der Waals surface area contributed by atoms with Crippen LogP contribution in [0, 0.1) is 12.7 Å². The van der Waals surface area contributed by atoms with Crippen molar-refractivity contribution in [2.75, 3.05) is 6.54 Å². The molecule has 2 nitrogen and oxygen atoms in total. The lowest BCUT2D eigenvalue weighted by atomic mass is 10.0. The second-order valence-electron chi connectivity index (χ2n) is 4.78. The first-order valence-electron chi connectivity index (χ1n) is 6.69. The molecule has 20 heavy (non-hydrogen) atoms. The predicted molar refractivity (Wildman–Crippen MR) is 85.7 cm³/mol. The molecule has 0 aliphatic carbocycles. The van der Waals surface area contributed by atoms with E-state index in [1.54, 1.807) is 17.4 Å². The SMILES string of the molecule is CCCNC(Cc1cc(F)cc(Br)c1)c1csc(C)n1. The molecule has 1 unspecified atom stereocenters. The quantitative estimate of drug-likeness (QED) is 0.815. The number of nitrogens with one attached hydrogen (secondary N) is 1. The fourth-order valence-corrected chi connectivity index (χ4v) is 3.28. The van der Waals surface area contributed by atoms with E-state index in [4.69, 9.17) is 0 Å². The summed E-state index contributed by atoms with van der Waals surface area (Å²) < 4.78 is 14.2. The van der Waals surface area contributed by atoms with Gasteiger partial charge >= 0.3 is 0 Å². The molecule has 0 saturated heterocycles. The van der Waals surface area contributed by atoms with E-state index in [1.807, 2.05) is 13.0 Å². The Balaban J connectivity index is 2.18. The molecule has 2 rings (SSSR count). The topological polar surface area (TPSA) is 24.9 Å². The molecule has 5 heteroatoms. The lowest BCUT2D eigenvalue weighted by Gasteiger charge is -2.17. The summed E-state index contributed by atoms with van der Waals surface area (Å²) in [4.78, 5) is 4.56. The van der Waals surface area contributed by atoms with Crippen LogP contribution in [0.3, 0.4) is 0 Å². The minimum Gasteiger partial charge on any atom is -0.308 e. The second-order valence-corrected chi connectivity index (χ2v) is 6.76. The highest BCUT2D eigenvalue weighted by atomic mass is 79.9. The zero-order valence-electron chi connectivity index (χ0n) is 11.6. The zero-order valence-corrected chi connectivity index (χ0v) is 14.0. The summed E-state index contributed by atoms with van der Waals surface area (Å²) in [6.45, 7) is 5.07. The van der Waals surface area contributed by atoms with E-state index in [2.05, 4.69) is 38.5 Å². The van der Waals surface area contributed by atoms with Crippen molar-refractivity contribution in [3.63, 3.8) is 0 Å². The number of rotatable bonds is 6. The van der Waals surface area contributed by atoms with Crippen LogP contribution in [0.15, 0.2) is 28.1 Å². The molecule has 108 valence electrons. The Morgan fingerprint density at radius 2 is 2.20 bits per heavy atom. The molecular formula is C15H18BrFN2S. The third kappa shape index (κ3) is 4.36. The molecule has 1 N–H and O–H groups in total. The Labute approximate surface area is 131 Å². The number of hydrogen-bond donors (Lipinski definition) is 1. The molecule has 0 spiro atoms. The van der Waals surface area contributed by atoms with E-state index in [0.717, 1.165) is 40.1 Å². The summed E-state index contributed by atoms with van der Waals surface area (Å²) in [7, 11) is 0. The number of nitrogens with zero attached hydrogens (tertiary/aromatic N) is 1. The number of aryl methyl sites for hydroxylation is 1. The van der Waals surface area contributed by atoms with Gasteiger partial charge in [0.25, 0.3) is 0 Å². The molecule has 1 aromatic heterocycles. The van der Waals surface area contributed by atoms with Crippen LogP contribution >= 0.6 is 27.3 Å². The summed E-state index contributed by atoms with van der Waals surface area (Å²) >= 11 is 4.99. The number of benzene rings is 1. The Hall–Kier alpha value is -0.780. The Kier molecular flexibility index (Phi) is 5.69. The molecule has 0 aliphatic rings. The maximum absolute atomic E-state index is 13.5. The average Bonchev–Trinajstić information content (AvgIpc) is 2.80. The van der Waals surface area contributed by atoms with Crippen molar-refractivity contribution in [3.05, 3.63) is 50.1 Å². The first-order chi connectivity index (χ1) is 9.58. The molecule has 0 aliphatic heterocycles. The molecule has 1 aromatic carbocycles. The van der Waals surface area contributed by atoms with Gasteiger partial charge in [0.05, 0.1) is 16.7 Å². The number of halogens is 2. The van der Waals surface area contributed by atoms with Gasteiger partial charge in [-0.1, -0.05) is 22.9 Å². The van der Waals surface area contributed by atoms with Crippen molar-refractivity contribution in [3.8, 4) is 0 Å². The summed E-state index contributed by atoms with van der Waals surface area (Å²) in [5, 5.41) is 6.63. The molecule has 0 amide bonds. The first-order valence-corrected chi connectivity index (χ1v) is 8.36. The van der Waals surface area contributed by atoms with Gasteiger partial charge < -0.3 is 5.32 Å². The van der Waals surface area contributed by atoms with Crippen molar-refractivity contribution >= 4 is 27.3 Å². The van der Waals surface area contributed by atoms with Crippen molar-refractivity contribution in [2.45, 2.75) is 32.7 Å². The minimum atomic E-state index is -0.210. The summed E-state index contributed by atoms with van der Waals surface area (Å²) in [5.41, 5.74) is 2.01. The Bertz CT molecular complexity index is 551. The normalized spacial score (nSPS) is 12.6. The van der Waals surface area contributed by atoms with E-state index in [1.165, 1.54) is 6.07 Å². The molecule has 0 radical (unpaired) electrons. The molecule has 0 saturated carbocycles. The molecule has 0 fully saturated rings. The highest BCUT2D eigenvalue weighted by Crippen LogP contribution is 2.23. The third-order valence-electron chi connectivity index (χ3n) is 3.00. The monoisotopic (exact) mass is 356 g/mol. The average molecular weight is 357 g/mol. The van der Waals surface area contributed by atoms with E-state index >= 15 is 0 Å². The van der Waals surface area contributed by atoms with Crippen LogP contribution in [0.2, 0.25) is 0 Å². The van der Waals surface area contributed by atoms with Gasteiger partial charge in [-0.3, -0.25) is 0 Å². The van der Waals surface area contributed by atoms with E-state index in [0.29, 0.717) is 0 Å². The highest BCUT2D eigenvalue weighted by molar-refractivity contribution is 9.10. The van der Waals surface area contributed by atoms with Crippen LogP contribution in [0.4, 0.5) is 4.39 Å². The minimum absolute atomic E-state index is 0.133. The van der Waals surface area contributed by atoms with Crippen LogP contribution in [0.1, 0.15) is 35.7 Å². The second kappa shape index (κ2) is 7.29. The van der Waals surface area contributed by atoms with E-state index in [9.17, 15) is 4.39 Å². The van der Waals surface area contributed by atoms with Gasteiger partial charge in [-0.25, -0.2) is 9.37 Å². The highest BCUT2D eigenvalue weighted by Gasteiger charge is 2.15. The van der Waals surface area contributed by atoms with Crippen LogP contribution in [0.5, 0.6) is 0 Å². The van der Waals surface area contributed by atoms with E-state index in [-0.39, 0.29) is 11.9 Å². The Morgan fingerprint density at radius 3 is 2.80 bits per heavy atom. The molecule has 2 aromatic rings. The van der Waals surface area contributed by atoms with Gasteiger partial charge in [0.2, 0.25) is 0 Å². The molecular weight excluding hydrogens is 339 g/mol. The number of aromatic nitrogens is 1. The predicted octanol–water partition coefficient (Wildman–Crippen LogP) is 4.64. The van der Waals surface area contributed by atoms with Crippen molar-refractivity contribution in [1.29, 1.82) is 0 Å². The van der Waals surface area contributed by atoms with E-state index < -0.39 is 0 Å². The molecule has 1 heterocycles. The van der Waals surface area contributed by atoms with Gasteiger partial charge in [-0.15, -0.1) is 11.3 Å². The summed E-state index contributed by atoms with van der Waals surface area (Å²) in [6, 6.07) is 5.16. The van der Waals surface area contributed by atoms with Gasteiger partial charge in [0.15, 0.2) is 0 Å². The maximum atomic E-state index is 13.5. The van der Waals surface area contributed by atoms with Crippen molar-refractivity contribution in [1.82, 2.24) is 10.3 Å². The van der Waals surface area contributed by atoms with Gasteiger partial charge in [0.1, 0.15) is 5.82 Å². The lowest BCUT2D eigenvalue weighted by Crippen LogP contribution is -2.24. The first kappa shape index (κ1) is 15.6. The smallest absolute Gasteiger partial charge is 0.124 e. The van der Waals surface area contributed by atoms with Crippen molar-refractivity contribution in [2.24, 2.45) is 0 Å². The summed E-state index contributed by atoms with van der Waals surface area (Å²) in [5.74, 6) is -0.210. The number of hydrogen-bond acceptors (Lipinski definition) is 3.